The van der Waals surface area contributed by atoms with Crippen LogP contribution in [0.5, 0.6) is 0 Å². The van der Waals surface area contributed by atoms with Crippen molar-refractivity contribution in [2.75, 3.05) is 14.2 Å². The predicted octanol–water partition coefficient (Wildman–Crippen LogP) is 3.24. The normalized spacial score (nSPS) is 12.9. The summed E-state index contributed by atoms with van der Waals surface area (Å²) in [6, 6.07) is 11.8. The van der Waals surface area contributed by atoms with Gasteiger partial charge in [-0.05, 0) is 23.5 Å². The van der Waals surface area contributed by atoms with E-state index in [4.69, 9.17) is 14.2 Å². The van der Waals surface area contributed by atoms with Crippen LogP contribution in [0.1, 0.15) is 43.7 Å². The number of esters is 2. The van der Waals surface area contributed by atoms with Crippen LogP contribution in [0, 0.1) is 16.0 Å². The first-order valence-corrected chi connectivity index (χ1v) is 12.2. The van der Waals surface area contributed by atoms with Gasteiger partial charge in [0, 0.05) is 18.1 Å². The number of hydrogen-bond donors (Lipinski definition) is 2. The van der Waals surface area contributed by atoms with E-state index >= 15 is 0 Å². The number of benzene rings is 2. The van der Waals surface area contributed by atoms with E-state index in [1.165, 1.54) is 31.4 Å². The van der Waals surface area contributed by atoms with Gasteiger partial charge in [-0.3, -0.25) is 19.7 Å². The number of alkyl carbamates (subject to hydrolysis) is 1. The second-order valence-electron chi connectivity index (χ2n) is 9.13. The minimum atomic E-state index is -1.38. The van der Waals surface area contributed by atoms with Crippen molar-refractivity contribution in [1.29, 1.82) is 0 Å². The Morgan fingerprint density at radius 2 is 1.56 bits per heavy atom. The highest BCUT2D eigenvalue weighted by Gasteiger charge is 2.36. The fraction of sp³-hybridized carbons (Fsp3) is 0.407. The predicted molar refractivity (Wildman–Crippen MR) is 139 cm³/mol. The van der Waals surface area contributed by atoms with Gasteiger partial charge in [-0.25, -0.2) is 9.59 Å². The maximum Gasteiger partial charge on any atom is 0.408 e. The number of nitro benzene ring substituents is 1. The van der Waals surface area contributed by atoms with E-state index in [1.54, 1.807) is 24.3 Å². The molecule has 0 aliphatic rings. The van der Waals surface area contributed by atoms with Gasteiger partial charge in [0.1, 0.15) is 18.7 Å². The zero-order valence-electron chi connectivity index (χ0n) is 22.2. The SMILES string of the molecule is COC(=O)C[C@@H](c1ccc([N+](=O)[O-])cc1)[C@@H](NC(=O)[C@H](CC(C)C)NC(=O)OCc1ccccc1)C(=O)OC. The first kappa shape index (κ1) is 30.7. The molecule has 0 fully saturated rings. The molecule has 2 N–H and O–H groups in total. The topological polar surface area (TPSA) is 163 Å². The average molecular weight is 544 g/mol. The van der Waals surface area contributed by atoms with Gasteiger partial charge in [-0.15, -0.1) is 0 Å². The lowest BCUT2D eigenvalue weighted by molar-refractivity contribution is -0.384. The van der Waals surface area contributed by atoms with Crippen LogP contribution in [0.2, 0.25) is 0 Å². The molecular weight excluding hydrogens is 510 g/mol. The summed E-state index contributed by atoms with van der Waals surface area (Å²) in [4.78, 5) is 61.4. The molecule has 2 aromatic carbocycles. The van der Waals surface area contributed by atoms with E-state index in [0.29, 0.717) is 5.56 Å². The van der Waals surface area contributed by atoms with Crippen LogP contribution in [0.15, 0.2) is 54.6 Å². The number of ether oxygens (including phenoxy) is 3. The maximum atomic E-state index is 13.4. The molecule has 0 aliphatic carbocycles. The molecule has 0 aliphatic heterocycles. The zero-order chi connectivity index (χ0) is 28.9. The molecule has 0 heterocycles. The van der Waals surface area contributed by atoms with Crippen LogP contribution in [0.4, 0.5) is 10.5 Å². The van der Waals surface area contributed by atoms with Crippen molar-refractivity contribution in [2.24, 2.45) is 5.92 Å². The van der Waals surface area contributed by atoms with Crippen molar-refractivity contribution in [3.05, 3.63) is 75.8 Å². The molecule has 3 atom stereocenters. The van der Waals surface area contributed by atoms with Crippen LogP contribution in [-0.2, 0) is 35.2 Å². The monoisotopic (exact) mass is 543 g/mol. The molecule has 12 heteroatoms. The number of nitrogens with one attached hydrogen (secondary N) is 2. The van der Waals surface area contributed by atoms with Crippen LogP contribution >= 0.6 is 0 Å². The third-order valence-corrected chi connectivity index (χ3v) is 5.83. The van der Waals surface area contributed by atoms with Crippen LogP contribution in [-0.4, -0.2) is 55.2 Å². The zero-order valence-corrected chi connectivity index (χ0v) is 22.2. The lowest BCUT2D eigenvalue weighted by Crippen LogP contribution is -2.54. The average Bonchev–Trinajstić information content (AvgIpc) is 2.93. The largest absolute Gasteiger partial charge is 0.469 e. The molecule has 0 radical (unpaired) electrons. The molecule has 2 amide bonds. The van der Waals surface area contributed by atoms with E-state index in [1.807, 2.05) is 19.9 Å². The summed E-state index contributed by atoms with van der Waals surface area (Å²) in [6.07, 6.45) is -0.939. The van der Waals surface area contributed by atoms with Crippen molar-refractivity contribution in [3.8, 4) is 0 Å². The van der Waals surface area contributed by atoms with E-state index in [2.05, 4.69) is 10.6 Å². The third-order valence-electron chi connectivity index (χ3n) is 5.83. The van der Waals surface area contributed by atoms with Crippen molar-refractivity contribution >= 4 is 29.6 Å². The van der Waals surface area contributed by atoms with Crippen LogP contribution < -0.4 is 10.6 Å². The van der Waals surface area contributed by atoms with E-state index in [0.717, 1.165) is 12.7 Å². The number of nitro groups is 1. The van der Waals surface area contributed by atoms with Gasteiger partial charge in [-0.1, -0.05) is 56.3 Å². The number of hydrogen-bond acceptors (Lipinski definition) is 9. The number of rotatable bonds is 13. The standard InChI is InChI=1S/C27H33N3O9/c1-17(2)14-22(28-27(34)39-16-18-8-6-5-7-9-18)25(32)29-24(26(33)38-4)21(15-23(31)37-3)19-10-12-20(13-11-19)30(35)36/h5-13,17,21-22,24H,14-16H2,1-4H3,(H,28,34)(H,29,32)/t21-,22-,24+/m0/s1. The summed E-state index contributed by atoms with van der Waals surface area (Å²) >= 11 is 0. The molecule has 39 heavy (non-hydrogen) atoms. The number of non-ortho nitro benzene ring substituents is 1. The van der Waals surface area contributed by atoms with Gasteiger partial charge < -0.3 is 24.8 Å². The minimum Gasteiger partial charge on any atom is -0.469 e. The van der Waals surface area contributed by atoms with E-state index in [-0.39, 0.29) is 31.1 Å². The second kappa shape index (κ2) is 15.1. The molecule has 210 valence electrons. The van der Waals surface area contributed by atoms with E-state index in [9.17, 15) is 29.3 Å². The van der Waals surface area contributed by atoms with E-state index < -0.39 is 46.9 Å². The summed E-state index contributed by atoms with van der Waals surface area (Å²) in [6.45, 7) is 3.70. The summed E-state index contributed by atoms with van der Waals surface area (Å²) in [5.41, 5.74) is 0.929. The number of amides is 2. The minimum absolute atomic E-state index is 0.00514. The smallest absolute Gasteiger partial charge is 0.408 e. The van der Waals surface area contributed by atoms with Crippen molar-refractivity contribution in [3.63, 3.8) is 0 Å². The van der Waals surface area contributed by atoms with Gasteiger partial charge in [-0.2, -0.15) is 0 Å². The summed E-state index contributed by atoms with van der Waals surface area (Å²) in [5.74, 6) is -3.24. The number of carbonyl (C=O) groups excluding carboxylic acids is 4. The van der Waals surface area contributed by atoms with Crippen LogP contribution in [0.3, 0.4) is 0 Å². The molecule has 0 saturated heterocycles. The first-order valence-electron chi connectivity index (χ1n) is 12.2. The van der Waals surface area contributed by atoms with Gasteiger partial charge >= 0.3 is 18.0 Å². The van der Waals surface area contributed by atoms with Crippen molar-refractivity contribution in [2.45, 2.75) is 51.3 Å². The molecule has 12 nitrogen and oxygen atoms in total. The maximum absolute atomic E-state index is 13.4. The van der Waals surface area contributed by atoms with Crippen molar-refractivity contribution < 1.29 is 38.3 Å². The van der Waals surface area contributed by atoms with Gasteiger partial charge in [0.25, 0.3) is 5.69 Å². The molecule has 0 aromatic heterocycles. The summed E-state index contributed by atoms with van der Waals surface area (Å²) in [5, 5.41) is 16.2. The molecule has 0 unspecified atom stereocenters. The number of carbonyl (C=O) groups is 4. The van der Waals surface area contributed by atoms with Crippen LogP contribution in [0.25, 0.3) is 0 Å². The third kappa shape index (κ3) is 9.72. The fourth-order valence-corrected chi connectivity index (χ4v) is 3.85. The Morgan fingerprint density at radius 3 is 2.10 bits per heavy atom. The highest BCUT2D eigenvalue weighted by atomic mass is 16.6. The highest BCUT2D eigenvalue weighted by Crippen LogP contribution is 2.27. The molecule has 0 bridgehead atoms. The Labute approximate surface area is 226 Å². The summed E-state index contributed by atoms with van der Waals surface area (Å²) in [7, 11) is 2.29. The molecule has 2 aromatic rings. The quantitative estimate of drug-likeness (QED) is 0.167. The Balaban J connectivity index is 2.29. The van der Waals surface area contributed by atoms with Gasteiger partial charge in [0.2, 0.25) is 5.91 Å². The summed E-state index contributed by atoms with van der Waals surface area (Å²) < 4.78 is 14.9. The highest BCUT2D eigenvalue weighted by molar-refractivity contribution is 5.90. The fourth-order valence-electron chi connectivity index (χ4n) is 3.85. The second-order valence-corrected chi connectivity index (χ2v) is 9.13. The number of nitrogens with zero attached hydrogens (tertiary/aromatic N) is 1. The van der Waals surface area contributed by atoms with Gasteiger partial charge in [0.15, 0.2) is 0 Å². The Bertz CT molecular complexity index is 1140. The Hall–Kier alpha value is -4.48. The lowest BCUT2D eigenvalue weighted by atomic mass is 9.87. The number of methoxy groups -OCH3 is 2. The lowest BCUT2D eigenvalue weighted by Gasteiger charge is -2.28. The molecule has 0 saturated carbocycles. The molecular formula is C27H33N3O9. The Kier molecular flexibility index (Phi) is 11.9. The van der Waals surface area contributed by atoms with Crippen molar-refractivity contribution in [1.82, 2.24) is 10.6 Å². The molecule has 2 rings (SSSR count). The first-order chi connectivity index (χ1) is 18.5. The Morgan fingerprint density at radius 1 is 0.923 bits per heavy atom. The van der Waals surface area contributed by atoms with Gasteiger partial charge in [0.05, 0.1) is 25.6 Å². The molecule has 0 spiro atoms.